The second kappa shape index (κ2) is 5.39. The van der Waals surface area contributed by atoms with Crippen LogP contribution in [0.3, 0.4) is 0 Å². The lowest BCUT2D eigenvalue weighted by Gasteiger charge is -2.26. The number of alkyl halides is 3. The van der Waals surface area contributed by atoms with Crippen molar-refractivity contribution in [1.29, 1.82) is 5.26 Å². The Bertz CT molecular complexity index is 221. The minimum Gasteiger partial charge on any atom is -0.198 e. The molecule has 4 heteroatoms. The van der Waals surface area contributed by atoms with Crippen molar-refractivity contribution in [2.75, 3.05) is 0 Å². The molecule has 0 N–H and O–H groups in total. The molecule has 0 aliphatic heterocycles. The van der Waals surface area contributed by atoms with Crippen LogP contribution in [0.5, 0.6) is 0 Å². The van der Waals surface area contributed by atoms with Crippen LogP contribution in [0.2, 0.25) is 0 Å². The third-order valence-electron chi connectivity index (χ3n) is 3.20. The Kier molecular flexibility index (Phi) is 4.44. The third-order valence-corrected chi connectivity index (χ3v) is 3.20. The molecule has 15 heavy (non-hydrogen) atoms. The van der Waals surface area contributed by atoms with Crippen LogP contribution in [-0.4, -0.2) is 6.18 Å². The van der Waals surface area contributed by atoms with Gasteiger partial charge in [-0.2, -0.15) is 18.4 Å². The fourth-order valence-corrected chi connectivity index (χ4v) is 2.36. The van der Waals surface area contributed by atoms with Gasteiger partial charge in [0.2, 0.25) is 0 Å². The normalized spacial score (nSPS) is 21.7. The van der Waals surface area contributed by atoms with E-state index in [0.29, 0.717) is 12.8 Å². The molecule has 0 radical (unpaired) electrons. The molecule has 0 saturated heterocycles. The Labute approximate surface area is 88.3 Å². The summed E-state index contributed by atoms with van der Waals surface area (Å²) in [6.45, 7) is 0. The summed E-state index contributed by atoms with van der Waals surface area (Å²) in [7, 11) is 0. The van der Waals surface area contributed by atoms with E-state index in [4.69, 9.17) is 5.26 Å². The molecule has 1 fully saturated rings. The average molecular weight is 219 g/mol. The highest BCUT2D eigenvalue weighted by molar-refractivity contribution is 4.85. The molecule has 1 aliphatic rings. The monoisotopic (exact) mass is 219 g/mol. The van der Waals surface area contributed by atoms with E-state index in [2.05, 4.69) is 0 Å². The van der Waals surface area contributed by atoms with Crippen molar-refractivity contribution in [2.24, 2.45) is 11.8 Å². The summed E-state index contributed by atoms with van der Waals surface area (Å²) in [5.74, 6) is -1.73. The Morgan fingerprint density at radius 1 is 1.13 bits per heavy atom. The van der Waals surface area contributed by atoms with E-state index in [9.17, 15) is 13.2 Å². The standard InChI is InChI=1S/C11H16F3N/c12-11(13,14)10(7-8-15)9-5-3-1-2-4-6-9/h9-10H,1-7H2. The third kappa shape index (κ3) is 3.73. The van der Waals surface area contributed by atoms with Gasteiger partial charge in [-0.05, 0) is 18.8 Å². The molecule has 0 amide bonds. The Morgan fingerprint density at radius 3 is 2.07 bits per heavy atom. The summed E-state index contributed by atoms with van der Waals surface area (Å²) in [6.07, 6.45) is 0.503. The summed E-state index contributed by atoms with van der Waals surface area (Å²) in [5, 5.41) is 8.45. The van der Waals surface area contributed by atoms with Crippen molar-refractivity contribution in [3.63, 3.8) is 0 Å². The van der Waals surface area contributed by atoms with Crippen LogP contribution >= 0.6 is 0 Å². The van der Waals surface area contributed by atoms with Gasteiger partial charge in [-0.1, -0.05) is 25.7 Å². The molecule has 0 spiro atoms. The first-order chi connectivity index (χ1) is 7.05. The predicted molar refractivity (Wildman–Crippen MR) is 51.0 cm³/mol. The van der Waals surface area contributed by atoms with Gasteiger partial charge in [0.1, 0.15) is 0 Å². The second-order valence-corrected chi connectivity index (χ2v) is 4.26. The summed E-state index contributed by atoms with van der Waals surface area (Å²) in [5.41, 5.74) is 0. The van der Waals surface area contributed by atoms with E-state index in [0.717, 1.165) is 25.7 Å². The van der Waals surface area contributed by atoms with Crippen molar-refractivity contribution in [3.8, 4) is 6.07 Å². The summed E-state index contributed by atoms with van der Waals surface area (Å²) < 4.78 is 38.0. The molecule has 0 aromatic heterocycles. The molecular formula is C11H16F3N. The van der Waals surface area contributed by atoms with Crippen LogP contribution in [0.15, 0.2) is 0 Å². The lowest BCUT2D eigenvalue weighted by atomic mass is 9.84. The minimum atomic E-state index is -4.20. The number of rotatable bonds is 2. The largest absolute Gasteiger partial charge is 0.393 e. The average Bonchev–Trinajstić information content (AvgIpc) is 2.40. The molecule has 86 valence electrons. The van der Waals surface area contributed by atoms with E-state index in [-0.39, 0.29) is 12.3 Å². The summed E-state index contributed by atoms with van der Waals surface area (Å²) >= 11 is 0. The molecule has 1 atom stereocenters. The summed E-state index contributed by atoms with van der Waals surface area (Å²) in [4.78, 5) is 0. The Balaban J connectivity index is 2.65. The highest BCUT2D eigenvalue weighted by atomic mass is 19.4. The maximum atomic E-state index is 12.7. The first kappa shape index (κ1) is 12.4. The van der Waals surface area contributed by atoms with Crippen LogP contribution < -0.4 is 0 Å². The molecule has 1 saturated carbocycles. The van der Waals surface area contributed by atoms with Crippen molar-refractivity contribution in [1.82, 2.24) is 0 Å². The summed E-state index contributed by atoms with van der Waals surface area (Å²) in [6, 6.07) is 1.67. The molecule has 0 bridgehead atoms. The van der Waals surface area contributed by atoms with Gasteiger partial charge in [0.05, 0.1) is 12.0 Å². The van der Waals surface area contributed by atoms with E-state index in [1.807, 2.05) is 0 Å². The Morgan fingerprint density at radius 2 is 1.67 bits per heavy atom. The first-order valence-corrected chi connectivity index (χ1v) is 5.49. The lowest BCUT2D eigenvalue weighted by Crippen LogP contribution is -2.30. The number of nitriles is 1. The van der Waals surface area contributed by atoms with Gasteiger partial charge in [0.25, 0.3) is 0 Å². The van der Waals surface area contributed by atoms with Crippen LogP contribution in [0.1, 0.15) is 44.9 Å². The van der Waals surface area contributed by atoms with Crippen molar-refractivity contribution in [2.45, 2.75) is 51.1 Å². The molecule has 1 aliphatic carbocycles. The molecule has 0 aromatic carbocycles. The first-order valence-electron chi connectivity index (χ1n) is 5.49. The highest BCUT2D eigenvalue weighted by Gasteiger charge is 2.43. The predicted octanol–water partition coefficient (Wildman–Crippen LogP) is 4.05. The van der Waals surface area contributed by atoms with Gasteiger partial charge < -0.3 is 0 Å². The maximum absolute atomic E-state index is 12.7. The number of nitrogens with zero attached hydrogens (tertiary/aromatic N) is 1. The van der Waals surface area contributed by atoms with Crippen LogP contribution in [0.25, 0.3) is 0 Å². The Hall–Kier alpha value is -0.720. The van der Waals surface area contributed by atoms with Crippen LogP contribution in [0.4, 0.5) is 13.2 Å². The molecule has 0 heterocycles. The SMILES string of the molecule is N#CCC(C1CCCCCC1)C(F)(F)F. The molecule has 1 nitrogen and oxygen atoms in total. The minimum absolute atomic E-state index is 0.327. The topological polar surface area (TPSA) is 23.8 Å². The van der Waals surface area contributed by atoms with Gasteiger partial charge in [-0.15, -0.1) is 0 Å². The van der Waals surface area contributed by atoms with Gasteiger partial charge >= 0.3 is 6.18 Å². The fraction of sp³-hybridized carbons (Fsp3) is 0.909. The van der Waals surface area contributed by atoms with Gasteiger partial charge in [-0.3, -0.25) is 0 Å². The lowest BCUT2D eigenvalue weighted by molar-refractivity contribution is -0.188. The molecular weight excluding hydrogens is 203 g/mol. The van der Waals surface area contributed by atoms with Crippen molar-refractivity contribution >= 4 is 0 Å². The van der Waals surface area contributed by atoms with E-state index in [1.165, 1.54) is 0 Å². The fourth-order valence-electron chi connectivity index (χ4n) is 2.36. The molecule has 0 aromatic rings. The second-order valence-electron chi connectivity index (χ2n) is 4.26. The zero-order valence-electron chi connectivity index (χ0n) is 8.69. The number of hydrogen-bond acceptors (Lipinski definition) is 1. The maximum Gasteiger partial charge on any atom is 0.393 e. The zero-order valence-corrected chi connectivity index (χ0v) is 8.69. The molecule has 1 rings (SSSR count). The molecule has 1 unspecified atom stereocenters. The van der Waals surface area contributed by atoms with Gasteiger partial charge in [0, 0.05) is 6.42 Å². The van der Waals surface area contributed by atoms with Crippen molar-refractivity contribution in [3.05, 3.63) is 0 Å². The van der Waals surface area contributed by atoms with Gasteiger partial charge in [0.15, 0.2) is 0 Å². The van der Waals surface area contributed by atoms with Crippen molar-refractivity contribution < 1.29 is 13.2 Å². The number of hydrogen-bond donors (Lipinski definition) is 0. The van der Waals surface area contributed by atoms with E-state index < -0.39 is 12.1 Å². The van der Waals surface area contributed by atoms with E-state index >= 15 is 0 Å². The van der Waals surface area contributed by atoms with E-state index in [1.54, 1.807) is 6.07 Å². The smallest absolute Gasteiger partial charge is 0.198 e. The van der Waals surface area contributed by atoms with Crippen LogP contribution in [-0.2, 0) is 0 Å². The van der Waals surface area contributed by atoms with Crippen LogP contribution in [0, 0.1) is 23.2 Å². The van der Waals surface area contributed by atoms with Gasteiger partial charge in [-0.25, -0.2) is 0 Å². The number of halogens is 3. The highest BCUT2D eigenvalue weighted by Crippen LogP contribution is 2.40. The quantitative estimate of drug-likeness (QED) is 0.643. The zero-order chi connectivity index (χ0) is 11.3.